The Bertz CT molecular complexity index is 83.0. The van der Waals surface area contributed by atoms with Gasteiger partial charge in [0.1, 0.15) is 6.10 Å². The van der Waals surface area contributed by atoms with Crippen LogP contribution in [0.25, 0.3) is 0 Å². The molecule has 1 atom stereocenters. The molecule has 0 radical (unpaired) electrons. The van der Waals surface area contributed by atoms with Crippen molar-refractivity contribution in [2.75, 3.05) is 13.2 Å². The summed E-state index contributed by atoms with van der Waals surface area (Å²) in [6.45, 7) is 2.69. The van der Waals surface area contributed by atoms with Crippen molar-refractivity contribution in [3.8, 4) is 12.3 Å². The van der Waals surface area contributed by atoms with Gasteiger partial charge in [0.15, 0.2) is 0 Å². The van der Waals surface area contributed by atoms with Gasteiger partial charge >= 0.3 is 0 Å². The van der Waals surface area contributed by atoms with Gasteiger partial charge in [-0.2, -0.15) is 0 Å². The lowest BCUT2D eigenvalue weighted by atomic mass is 10.4. The molecule has 8 heavy (non-hydrogen) atoms. The monoisotopic (exact) mass is 114 g/mol. The molecule has 0 aliphatic rings. The van der Waals surface area contributed by atoms with Crippen LogP contribution < -0.4 is 0 Å². The molecule has 0 aliphatic heterocycles. The summed E-state index contributed by atoms with van der Waals surface area (Å²) in [6.07, 6.45) is 4.09. The molecule has 0 aromatic heterocycles. The van der Waals surface area contributed by atoms with Crippen LogP contribution in [0.2, 0.25) is 0 Å². The lowest BCUT2D eigenvalue weighted by Crippen LogP contribution is -2.11. The third-order valence-electron chi connectivity index (χ3n) is 0.672. The predicted octanol–water partition coefficient (Wildman–Crippen LogP) is 0.0170. The third kappa shape index (κ3) is 3.66. The van der Waals surface area contributed by atoms with Gasteiger partial charge in [-0.15, -0.1) is 6.42 Å². The average molecular weight is 114 g/mol. The number of hydrogen-bond acceptors (Lipinski definition) is 2. The fourth-order valence-electron chi connectivity index (χ4n) is 0.278. The van der Waals surface area contributed by atoms with Crippen molar-refractivity contribution in [1.82, 2.24) is 0 Å². The van der Waals surface area contributed by atoms with Crippen LogP contribution in [-0.2, 0) is 4.74 Å². The molecule has 0 aromatic carbocycles. The number of hydrogen-bond donors (Lipinski definition) is 1. The summed E-state index contributed by atoms with van der Waals surface area (Å²) in [5, 5.41) is 8.63. The SMILES string of the molecule is C#C[C@H](O)COCC. The molecular weight excluding hydrogens is 104 g/mol. The van der Waals surface area contributed by atoms with Crippen molar-refractivity contribution in [1.29, 1.82) is 0 Å². The summed E-state index contributed by atoms with van der Waals surface area (Å²) in [7, 11) is 0. The number of rotatable bonds is 3. The van der Waals surface area contributed by atoms with Gasteiger partial charge in [-0.25, -0.2) is 0 Å². The molecule has 0 rings (SSSR count). The first-order valence-corrected chi connectivity index (χ1v) is 2.53. The molecule has 2 heteroatoms. The molecular formula is C6H10O2. The minimum atomic E-state index is -0.741. The van der Waals surface area contributed by atoms with Crippen molar-refractivity contribution in [2.24, 2.45) is 0 Å². The lowest BCUT2D eigenvalue weighted by Gasteiger charge is -2.00. The minimum absolute atomic E-state index is 0.243. The Morgan fingerprint density at radius 2 is 2.50 bits per heavy atom. The molecule has 0 unspecified atom stereocenters. The van der Waals surface area contributed by atoms with Gasteiger partial charge in [-0.1, -0.05) is 5.92 Å². The molecule has 0 fully saturated rings. The maximum atomic E-state index is 8.63. The molecule has 1 N–H and O–H groups in total. The second-order valence-electron chi connectivity index (χ2n) is 1.34. The first kappa shape index (κ1) is 7.48. The quantitative estimate of drug-likeness (QED) is 0.524. The van der Waals surface area contributed by atoms with E-state index in [4.69, 9.17) is 16.3 Å². The second kappa shape index (κ2) is 4.63. The molecule has 0 heterocycles. The molecule has 0 saturated heterocycles. The van der Waals surface area contributed by atoms with E-state index in [2.05, 4.69) is 5.92 Å². The van der Waals surface area contributed by atoms with E-state index in [1.807, 2.05) is 6.92 Å². The highest BCUT2D eigenvalue weighted by Gasteiger charge is 1.94. The largest absolute Gasteiger partial charge is 0.378 e. The van der Waals surface area contributed by atoms with E-state index in [1.165, 1.54) is 0 Å². The van der Waals surface area contributed by atoms with Crippen LogP contribution in [0.1, 0.15) is 6.92 Å². The van der Waals surface area contributed by atoms with Crippen molar-refractivity contribution >= 4 is 0 Å². The number of terminal acetylenes is 1. The van der Waals surface area contributed by atoms with E-state index < -0.39 is 6.10 Å². The summed E-state index contributed by atoms with van der Waals surface area (Å²) in [6, 6.07) is 0. The first-order chi connectivity index (χ1) is 3.81. The van der Waals surface area contributed by atoms with Crippen LogP contribution in [0.3, 0.4) is 0 Å². The fourth-order valence-corrected chi connectivity index (χ4v) is 0.278. The minimum Gasteiger partial charge on any atom is -0.378 e. The van der Waals surface area contributed by atoms with Crippen molar-refractivity contribution in [3.63, 3.8) is 0 Å². The topological polar surface area (TPSA) is 29.5 Å². The van der Waals surface area contributed by atoms with Gasteiger partial charge < -0.3 is 9.84 Å². The highest BCUT2D eigenvalue weighted by atomic mass is 16.5. The highest BCUT2D eigenvalue weighted by Crippen LogP contribution is 1.80. The van der Waals surface area contributed by atoms with Crippen LogP contribution in [0, 0.1) is 12.3 Å². The van der Waals surface area contributed by atoms with Gasteiger partial charge in [-0.05, 0) is 6.92 Å². The Morgan fingerprint density at radius 1 is 1.88 bits per heavy atom. The maximum Gasteiger partial charge on any atom is 0.137 e. The lowest BCUT2D eigenvalue weighted by molar-refractivity contribution is 0.0714. The molecule has 46 valence electrons. The molecule has 0 bridgehead atoms. The highest BCUT2D eigenvalue weighted by molar-refractivity contribution is 4.92. The van der Waals surface area contributed by atoms with Gasteiger partial charge in [0.05, 0.1) is 6.61 Å². The zero-order valence-electron chi connectivity index (χ0n) is 4.92. The van der Waals surface area contributed by atoms with E-state index in [0.717, 1.165) is 0 Å². The Hall–Kier alpha value is -0.520. The van der Waals surface area contributed by atoms with Crippen molar-refractivity contribution in [2.45, 2.75) is 13.0 Å². The van der Waals surface area contributed by atoms with E-state index in [0.29, 0.717) is 6.61 Å². The predicted molar refractivity (Wildman–Crippen MR) is 31.3 cm³/mol. The van der Waals surface area contributed by atoms with Crippen LogP contribution >= 0.6 is 0 Å². The average Bonchev–Trinajstić information content (AvgIpc) is 1.83. The van der Waals surface area contributed by atoms with Gasteiger partial charge in [0.2, 0.25) is 0 Å². The van der Waals surface area contributed by atoms with E-state index in [1.54, 1.807) is 0 Å². The Kier molecular flexibility index (Phi) is 4.33. The van der Waals surface area contributed by atoms with Crippen LogP contribution in [0.5, 0.6) is 0 Å². The van der Waals surface area contributed by atoms with E-state index >= 15 is 0 Å². The third-order valence-corrected chi connectivity index (χ3v) is 0.672. The molecule has 0 aliphatic carbocycles. The van der Waals surface area contributed by atoms with Gasteiger partial charge in [0, 0.05) is 6.61 Å². The Balaban J connectivity index is 3.02. The summed E-state index contributed by atoms with van der Waals surface area (Å²) in [5.74, 6) is 2.13. The standard InChI is InChI=1S/C6H10O2/c1-3-6(7)5-8-4-2/h1,6-7H,4-5H2,2H3/t6-/m0/s1. The normalized spacial score (nSPS) is 12.6. The summed E-state index contributed by atoms with van der Waals surface area (Å²) in [4.78, 5) is 0. The maximum absolute atomic E-state index is 8.63. The van der Waals surface area contributed by atoms with Gasteiger partial charge in [0.25, 0.3) is 0 Å². The molecule has 2 nitrogen and oxygen atoms in total. The van der Waals surface area contributed by atoms with Crippen LogP contribution in [0.4, 0.5) is 0 Å². The van der Waals surface area contributed by atoms with E-state index in [9.17, 15) is 0 Å². The van der Waals surface area contributed by atoms with Crippen LogP contribution in [0.15, 0.2) is 0 Å². The molecule has 0 amide bonds. The molecule has 0 spiro atoms. The smallest absolute Gasteiger partial charge is 0.137 e. The summed E-state index contributed by atoms with van der Waals surface area (Å²) >= 11 is 0. The Morgan fingerprint density at radius 3 is 2.88 bits per heavy atom. The zero-order chi connectivity index (χ0) is 6.41. The van der Waals surface area contributed by atoms with Crippen LogP contribution in [-0.4, -0.2) is 24.4 Å². The summed E-state index contributed by atoms with van der Waals surface area (Å²) < 4.78 is 4.79. The van der Waals surface area contributed by atoms with Crippen molar-refractivity contribution < 1.29 is 9.84 Å². The molecule has 0 aromatic rings. The van der Waals surface area contributed by atoms with E-state index in [-0.39, 0.29) is 6.61 Å². The van der Waals surface area contributed by atoms with Gasteiger partial charge in [-0.3, -0.25) is 0 Å². The first-order valence-electron chi connectivity index (χ1n) is 2.53. The number of ether oxygens (including phenoxy) is 1. The number of aliphatic hydroxyl groups is 1. The fraction of sp³-hybridized carbons (Fsp3) is 0.667. The summed E-state index contributed by atoms with van der Waals surface area (Å²) in [5.41, 5.74) is 0. The second-order valence-corrected chi connectivity index (χ2v) is 1.34. The molecule has 0 saturated carbocycles. The van der Waals surface area contributed by atoms with Crippen molar-refractivity contribution in [3.05, 3.63) is 0 Å². The zero-order valence-corrected chi connectivity index (χ0v) is 4.92. The number of aliphatic hydroxyl groups excluding tert-OH is 1. The Labute approximate surface area is 49.5 Å².